The summed E-state index contributed by atoms with van der Waals surface area (Å²) in [5.41, 5.74) is 0.433. The smallest absolute Gasteiger partial charge is 0.252 e. The normalized spacial score (nSPS) is 10.6. The van der Waals surface area contributed by atoms with E-state index in [9.17, 15) is 9.18 Å². The first-order chi connectivity index (χ1) is 9.65. The molecule has 0 aliphatic heterocycles. The van der Waals surface area contributed by atoms with E-state index in [1.165, 1.54) is 18.2 Å². The zero-order valence-electron chi connectivity index (χ0n) is 11.5. The minimum atomic E-state index is -0.373. The van der Waals surface area contributed by atoms with Crippen molar-refractivity contribution < 1.29 is 18.7 Å². The van der Waals surface area contributed by atoms with Crippen LogP contribution in [0, 0.1) is 5.82 Å². The third-order valence-electron chi connectivity index (χ3n) is 2.61. The first-order valence-electron chi connectivity index (χ1n) is 6.45. The van der Waals surface area contributed by atoms with Crippen LogP contribution >= 0.6 is 15.9 Å². The molecule has 0 atom stereocenters. The Morgan fingerprint density at radius 3 is 2.80 bits per heavy atom. The van der Waals surface area contributed by atoms with Crippen LogP contribution in [0.5, 0.6) is 0 Å². The van der Waals surface area contributed by atoms with Gasteiger partial charge in [-0.3, -0.25) is 4.79 Å². The molecule has 0 saturated carbocycles. The number of hydrogen-bond donors (Lipinski definition) is 1. The van der Waals surface area contributed by atoms with Crippen molar-refractivity contribution in [2.75, 3.05) is 33.5 Å². The summed E-state index contributed by atoms with van der Waals surface area (Å²) in [5, 5.41) is 2.79. The van der Waals surface area contributed by atoms with Crippen molar-refractivity contribution in [3.63, 3.8) is 0 Å². The van der Waals surface area contributed by atoms with Gasteiger partial charge in [-0.25, -0.2) is 4.39 Å². The van der Waals surface area contributed by atoms with E-state index in [1.807, 2.05) is 0 Å². The highest BCUT2D eigenvalue weighted by Crippen LogP contribution is 2.17. The molecule has 112 valence electrons. The van der Waals surface area contributed by atoms with Gasteiger partial charge in [-0.05, 0) is 47.0 Å². The molecule has 6 heteroatoms. The minimum Gasteiger partial charge on any atom is -0.382 e. The van der Waals surface area contributed by atoms with Gasteiger partial charge in [-0.2, -0.15) is 0 Å². The zero-order chi connectivity index (χ0) is 14.8. The number of amides is 1. The Morgan fingerprint density at radius 1 is 1.30 bits per heavy atom. The summed E-state index contributed by atoms with van der Waals surface area (Å²) in [6, 6.07) is 4.00. The Morgan fingerprint density at radius 2 is 2.10 bits per heavy atom. The zero-order valence-corrected chi connectivity index (χ0v) is 13.0. The lowest BCUT2D eigenvalue weighted by Gasteiger charge is -2.07. The molecule has 20 heavy (non-hydrogen) atoms. The average molecular weight is 348 g/mol. The summed E-state index contributed by atoms with van der Waals surface area (Å²) in [5.74, 6) is -0.584. The van der Waals surface area contributed by atoms with E-state index in [0.29, 0.717) is 36.4 Å². The van der Waals surface area contributed by atoms with E-state index in [4.69, 9.17) is 9.47 Å². The number of nitrogens with one attached hydrogen (secondary N) is 1. The first kappa shape index (κ1) is 17.1. The number of rotatable bonds is 9. The lowest BCUT2D eigenvalue weighted by molar-refractivity contribution is 0.0686. The van der Waals surface area contributed by atoms with Crippen LogP contribution in [0.3, 0.4) is 0 Å². The Labute approximate surface area is 126 Å². The van der Waals surface area contributed by atoms with Crippen LogP contribution in [0.1, 0.15) is 23.2 Å². The number of hydrogen-bond acceptors (Lipinski definition) is 3. The highest BCUT2D eigenvalue weighted by Gasteiger charge is 2.09. The standard InChI is InChI=1S/C14H19BrFNO3/c1-19-8-9-20-7-3-2-6-17-14(18)12-5-4-11(16)10-13(12)15/h4-5,10H,2-3,6-9H2,1H3,(H,17,18). The lowest BCUT2D eigenvalue weighted by atomic mass is 10.2. The maximum atomic E-state index is 12.9. The first-order valence-corrected chi connectivity index (χ1v) is 7.24. The molecule has 1 N–H and O–H groups in total. The lowest BCUT2D eigenvalue weighted by Crippen LogP contribution is -2.25. The van der Waals surface area contributed by atoms with Gasteiger partial charge in [0.1, 0.15) is 5.82 Å². The summed E-state index contributed by atoms with van der Waals surface area (Å²) in [6.45, 7) is 2.40. The second-order valence-electron chi connectivity index (χ2n) is 4.19. The third kappa shape index (κ3) is 6.45. The fourth-order valence-electron chi connectivity index (χ4n) is 1.54. The van der Waals surface area contributed by atoms with E-state index in [-0.39, 0.29) is 11.7 Å². The Hall–Kier alpha value is -0.980. The van der Waals surface area contributed by atoms with Gasteiger partial charge in [0.15, 0.2) is 0 Å². The van der Waals surface area contributed by atoms with Gasteiger partial charge in [0.05, 0.1) is 18.8 Å². The van der Waals surface area contributed by atoms with Gasteiger partial charge in [0, 0.05) is 24.7 Å². The molecule has 0 fully saturated rings. The third-order valence-corrected chi connectivity index (χ3v) is 3.26. The van der Waals surface area contributed by atoms with Gasteiger partial charge in [0.25, 0.3) is 5.91 Å². The van der Waals surface area contributed by atoms with Crippen molar-refractivity contribution in [1.82, 2.24) is 5.32 Å². The van der Waals surface area contributed by atoms with Crippen LogP contribution in [0.25, 0.3) is 0 Å². The van der Waals surface area contributed by atoms with Gasteiger partial charge in [-0.1, -0.05) is 0 Å². The summed E-state index contributed by atoms with van der Waals surface area (Å²) in [6.07, 6.45) is 1.70. The van der Waals surface area contributed by atoms with Gasteiger partial charge in [0.2, 0.25) is 0 Å². The van der Waals surface area contributed by atoms with Crippen LogP contribution in [0.15, 0.2) is 22.7 Å². The van der Waals surface area contributed by atoms with Crippen LogP contribution in [0.4, 0.5) is 4.39 Å². The topological polar surface area (TPSA) is 47.6 Å². The van der Waals surface area contributed by atoms with Crippen LogP contribution < -0.4 is 5.32 Å². The summed E-state index contributed by atoms with van der Waals surface area (Å²) in [4.78, 5) is 11.8. The summed E-state index contributed by atoms with van der Waals surface area (Å²) >= 11 is 3.17. The molecule has 0 aliphatic rings. The van der Waals surface area contributed by atoms with Crippen molar-refractivity contribution in [3.05, 3.63) is 34.1 Å². The largest absolute Gasteiger partial charge is 0.382 e. The molecule has 1 rings (SSSR count). The molecule has 0 heterocycles. The number of ether oxygens (including phenoxy) is 2. The molecule has 1 aromatic rings. The van der Waals surface area contributed by atoms with E-state index < -0.39 is 0 Å². The highest BCUT2D eigenvalue weighted by atomic mass is 79.9. The predicted octanol–water partition coefficient (Wildman–Crippen LogP) is 2.76. The molecule has 1 amide bonds. The van der Waals surface area contributed by atoms with Gasteiger partial charge >= 0.3 is 0 Å². The Bertz CT molecular complexity index is 429. The van der Waals surface area contributed by atoms with E-state index in [1.54, 1.807) is 7.11 Å². The van der Waals surface area contributed by atoms with Crippen molar-refractivity contribution in [2.45, 2.75) is 12.8 Å². The molecule has 0 bridgehead atoms. The molecule has 4 nitrogen and oxygen atoms in total. The molecule has 1 aromatic carbocycles. The molecule has 0 radical (unpaired) electrons. The second kappa shape index (κ2) is 9.85. The number of carbonyl (C=O) groups excluding carboxylic acids is 1. The predicted molar refractivity (Wildman–Crippen MR) is 78.4 cm³/mol. The van der Waals surface area contributed by atoms with E-state index >= 15 is 0 Å². The molecule has 0 spiro atoms. The Kier molecular flexibility index (Phi) is 8.41. The molecule has 0 aliphatic carbocycles. The summed E-state index contributed by atoms with van der Waals surface area (Å²) < 4.78 is 23.5. The number of unbranched alkanes of at least 4 members (excludes halogenated alkanes) is 1. The van der Waals surface area contributed by atoms with E-state index in [0.717, 1.165) is 12.8 Å². The fourth-order valence-corrected chi connectivity index (χ4v) is 2.08. The monoisotopic (exact) mass is 347 g/mol. The molecular formula is C14H19BrFNO3. The van der Waals surface area contributed by atoms with Gasteiger partial charge in [-0.15, -0.1) is 0 Å². The second-order valence-corrected chi connectivity index (χ2v) is 5.05. The highest BCUT2D eigenvalue weighted by molar-refractivity contribution is 9.10. The maximum absolute atomic E-state index is 12.9. The van der Waals surface area contributed by atoms with Crippen LogP contribution in [0.2, 0.25) is 0 Å². The molecular weight excluding hydrogens is 329 g/mol. The van der Waals surface area contributed by atoms with Crippen molar-refractivity contribution >= 4 is 21.8 Å². The maximum Gasteiger partial charge on any atom is 0.252 e. The van der Waals surface area contributed by atoms with Crippen LogP contribution in [-0.2, 0) is 9.47 Å². The van der Waals surface area contributed by atoms with Crippen molar-refractivity contribution in [2.24, 2.45) is 0 Å². The quantitative estimate of drug-likeness (QED) is 0.698. The Balaban J connectivity index is 2.17. The molecule has 0 unspecified atom stereocenters. The average Bonchev–Trinajstić information content (AvgIpc) is 2.41. The molecule has 0 saturated heterocycles. The fraction of sp³-hybridized carbons (Fsp3) is 0.500. The van der Waals surface area contributed by atoms with Crippen molar-refractivity contribution in [3.8, 4) is 0 Å². The number of benzene rings is 1. The van der Waals surface area contributed by atoms with Gasteiger partial charge < -0.3 is 14.8 Å². The SMILES string of the molecule is COCCOCCCCNC(=O)c1ccc(F)cc1Br. The summed E-state index contributed by atoms with van der Waals surface area (Å²) in [7, 11) is 1.63. The van der Waals surface area contributed by atoms with E-state index in [2.05, 4.69) is 21.2 Å². The van der Waals surface area contributed by atoms with Crippen molar-refractivity contribution in [1.29, 1.82) is 0 Å². The number of methoxy groups -OCH3 is 1. The molecule has 0 aromatic heterocycles. The number of halogens is 2. The van der Waals surface area contributed by atoms with Crippen LogP contribution in [-0.4, -0.2) is 39.4 Å². The minimum absolute atomic E-state index is 0.211. The number of carbonyl (C=O) groups is 1.